The number of aliphatic hydroxyl groups is 1. The monoisotopic (exact) mass is 263 g/mol. The summed E-state index contributed by atoms with van der Waals surface area (Å²) in [5, 5.41) is 9.67. The number of hydrogen-bond acceptors (Lipinski definition) is 3. The van der Waals surface area contributed by atoms with E-state index in [0.717, 1.165) is 11.1 Å². The first-order valence-electron chi connectivity index (χ1n) is 5.59. The molecule has 4 heteroatoms. The van der Waals surface area contributed by atoms with Crippen LogP contribution in [0.2, 0.25) is 5.02 Å². The van der Waals surface area contributed by atoms with Gasteiger partial charge < -0.3 is 15.6 Å². The molecule has 0 radical (unpaired) electrons. The standard InChI is InChI=1S/C14H14ClNO2/c15-12-5-4-11(8-16)14(7-12)18-13-3-1-2-10(6-13)9-17/h1-7,17H,8-9,16H2. The Bertz CT molecular complexity index is 543. The molecule has 0 spiro atoms. The summed E-state index contributed by atoms with van der Waals surface area (Å²) in [7, 11) is 0. The quantitative estimate of drug-likeness (QED) is 0.891. The minimum Gasteiger partial charge on any atom is -0.457 e. The van der Waals surface area contributed by atoms with Crippen molar-refractivity contribution in [1.29, 1.82) is 0 Å². The van der Waals surface area contributed by atoms with E-state index in [1.54, 1.807) is 18.2 Å². The van der Waals surface area contributed by atoms with E-state index in [2.05, 4.69) is 0 Å². The Morgan fingerprint density at radius 2 is 2.00 bits per heavy atom. The number of rotatable bonds is 4. The Labute approximate surface area is 111 Å². The van der Waals surface area contributed by atoms with Gasteiger partial charge in [0.05, 0.1) is 6.61 Å². The maximum atomic E-state index is 9.08. The molecule has 0 amide bonds. The van der Waals surface area contributed by atoms with E-state index < -0.39 is 0 Å². The largest absolute Gasteiger partial charge is 0.457 e. The average molecular weight is 264 g/mol. The van der Waals surface area contributed by atoms with E-state index in [1.165, 1.54) is 0 Å². The summed E-state index contributed by atoms with van der Waals surface area (Å²) in [6.45, 7) is 0.364. The van der Waals surface area contributed by atoms with Crippen LogP contribution in [0, 0.1) is 0 Å². The minimum absolute atomic E-state index is 0.0174. The fourth-order valence-corrected chi connectivity index (χ4v) is 1.79. The molecule has 0 unspecified atom stereocenters. The van der Waals surface area contributed by atoms with E-state index in [4.69, 9.17) is 27.2 Å². The summed E-state index contributed by atoms with van der Waals surface area (Å²) in [6, 6.07) is 12.6. The molecule has 0 aromatic heterocycles. The number of aliphatic hydroxyl groups excluding tert-OH is 1. The van der Waals surface area contributed by atoms with Gasteiger partial charge in [0, 0.05) is 17.1 Å². The van der Waals surface area contributed by atoms with E-state index in [1.807, 2.05) is 24.3 Å². The Kier molecular flexibility index (Phi) is 4.20. The second kappa shape index (κ2) is 5.87. The molecule has 3 N–H and O–H groups in total. The summed E-state index contributed by atoms with van der Waals surface area (Å²) in [5.41, 5.74) is 7.33. The summed E-state index contributed by atoms with van der Waals surface area (Å²) < 4.78 is 5.75. The molecule has 94 valence electrons. The van der Waals surface area contributed by atoms with Gasteiger partial charge in [0.25, 0.3) is 0 Å². The van der Waals surface area contributed by atoms with Crippen LogP contribution in [0.1, 0.15) is 11.1 Å². The lowest BCUT2D eigenvalue weighted by Crippen LogP contribution is -1.99. The molecule has 0 heterocycles. The van der Waals surface area contributed by atoms with Crippen molar-refractivity contribution in [3.05, 3.63) is 58.6 Å². The highest BCUT2D eigenvalue weighted by molar-refractivity contribution is 6.30. The van der Waals surface area contributed by atoms with Crippen LogP contribution in [0.3, 0.4) is 0 Å². The lowest BCUT2D eigenvalue weighted by Gasteiger charge is -2.11. The third kappa shape index (κ3) is 3.01. The van der Waals surface area contributed by atoms with Crippen LogP contribution >= 0.6 is 11.6 Å². The highest BCUT2D eigenvalue weighted by atomic mass is 35.5. The average Bonchev–Trinajstić information content (AvgIpc) is 2.39. The molecule has 2 rings (SSSR count). The SMILES string of the molecule is NCc1ccc(Cl)cc1Oc1cccc(CO)c1. The second-order valence-corrected chi connectivity index (χ2v) is 4.30. The van der Waals surface area contributed by atoms with Gasteiger partial charge >= 0.3 is 0 Å². The molecule has 0 saturated heterocycles. The van der Waals surface area contributed by atoms with Crippen LogP contribution in [-0.4, -0.2) is 5.11 Å². The zero-order valence-electron chi connectivity index (χ0n) is 9.77. The normalized spacial score (nSPS) is 10.4. The Morgan fingerprint density at radius 3 is 2.72 bits per heavy atom. The third-order valence-electron chi connectivity index (χ3n) is 2.56. The molecular weight excluding hydrogens is 250 g/mol. The second-order valence-electron chi connectivity index (χ2n) is 3.86. The zero-order chi connectivity index (χ0) is 13.0. The molecule has 18 heavy (non-hydrogen) atoms. The topological polar surface area (TPSA) is 55.5 Å². The van der Waals surface area contributed by atoms with Crippen molar-refractivity contribution in [3.63, 3.8) is 0 Å². The lowest BCUT2D eigenvalue weighted by atomic mass is 10.2. The predicted octanol–water partition coefficient (Wildman–Crippen LogP) is 3.08. The van der Waals surface area contributed by atoms with Crippen LogP contribution in [0.5, 0.6) is 11.5 Å². The number of halogens is 1. The number of ether oxygens (including phenoxy) is 1. The van der Waals surface area contributed by atoms with E-state index >= 15 is 0 Å². The number of nitrogens with two attached hydrogens (primary N) is 1. The van der Waals surface area contributed by atoms with E-state index in [0.29, 0.717) is 23.1 Å². The Hall–Kier alpha value is -1.55. The van der Waals surface area contributed by atoms with Crippen molar-refractivity contribution in [2.45, 2.75) is 13.2 Å². The van der Waals surface area contributed by atoms with Crippen molar-refractivity contribution in [2.75, 3.05) is 0 Å². The van der Waals surface area contributed by atoms with Gasteiger partial charge in [-0.2, -0.15) is 0 Å². The third-order valence-corrected chi connectivity index (χ3v) is 2.79. The summed E-state index contributed by atoms with van der Waals surface area (Å²) in [6.07, 6.45) is 0. The first kappa shape index (κ1) is 12.9. The minimum atomic E-state index is -0.0174. The van der Waals surface area contributed by atoms with Crippen LogP contribution in [0.25, 0.3) is 0 Å². The van der Waals surface area contributed by atoms with Crippen molar-refractivity contribution < 1.29 is 9.84 Å². The van der Waals surface area contributed by atoms with Gasteiger partial charge in [-0.3, -0.25) is 0 Å². The summed E-state index contributed by atoms with van der Waals surface area (Å²) >= 11 is 5.94. The summed E-state index contributed by atoms with van der Waals surface area (Å²) in [4.78, 5) is 0. The van der Waals surface area contributed by atoms with E-state index in [-0.39, 0.29) is 6.61 Å². The van der Waals surface area contributed by atoms with Gasteiger partial charge in [-0.1, -0.05) is 29.8 Å². The molecule has 0 aliphatic rings. The fourth-order valence-electron chi connectivity index (χ4n) is 1.63. The number of benzene rings is 2. The first-order chi connectivity index (χ1) is 8.72. The fraction of sp³-hybridized carbons (Fsp3) is 0.143. The zero-order valence-corrected chi connectivity index (χ0v) is 10.5. The molecular formula is C14H14ClNO2. The number of hydrogen-bond donors (Lipinski definition) is 2. The molecule has 0 atom stereocenters. The highest BCUT2D eigenvalue weighted by Crippen LogP contribution is 2.28. The maximum Gasteiger partial charge on any atom is 0.133 e. The van der Waals surface area contributed by atoms with Crippen molar-refractivity contribution in [3.8, 4) is 11.5 Å². The van der Waals surface area contributed by atoms with Crippen molar-refractivity contribution in [1.82, 2.24) is 0 Å². The Balaban J connectivity index is 2.29. The van der Waals surface area contributed by atoms with Crippen LogP contribution < -0.4 is 10.5 Å². The van der Waals surface area contributed by atoms with Crippen LogP contribution in [0.4, 0.5) is 0 Å². The van der Waals surface area contributed by atoms with Crippen LogP contribution in [0.15, 0.2) is 42.5 Å². The van der Waals surface area contributed by atoms with Crippen molar-refractivity contribution >= 4 is 11.6 Å². The van der Waals surface area contributed by atoms with E-state index in [9.17, 15) is 0 Å². The molecule has 2 aromatic carbocycles. The molecule has 0 aliphatic heterocycles. The smallest absolute Gasteiger partial charge is 0.133 e. The van der Waals surface area contributed by atoms with Gasteiger partial charge in [0.2, 0.25) is 0 Å². The van der Waals surface area contributed by atoms with Gasteiger partial charge in [-0.25, -0.2) is 0 Å². The van der Waals surface area contributed by atoms with Gasteiger partial charge in [-0.15, -0.1) is 0 Å². The molecule has 0 aliphatic carbocycles. The molecule has 3 nitrogen and oxygen atoms in total. The molecule has 2 aromatic rings. The molecule has 0 fully saturated rings. The lowest BCUT2D eigenvalue weighted by molar-refractivity contribution is 0.281. The van der Waals surface area contributed by atoms with Gasteiger partial charge in [0.15, 0.2) is 0 Å². The summed E-state index contributed by atoms with van der Waals surface area (Å²) in [5.74, 6) is 1.29. The van der Waals surface area contributed by atoms with Gasteiger partial charge in [-0.05, 0) is 29.8 Å². The van der Waals surface area contributed by atoms with Crippen LogP contribution in [-0.2, 0) is 13.2 Å². The highest BCUT2D eigenvalue weighted by Gasteiger charge is 2.05. The van der Waals surface area contributed by atoms with Gasteiger partial charge in [0.1, 0.15) is 11.5 Å². The first-order valence-corrected chi connectivity index (χ1v) is 5.97. The van der Waals surface area contributed by atoms with Crippen molar-refractivity contribution in [2.24, 2.45) is 5.73 Å². The molecule has 0 bridgehead atoms. The Morgan fingerprint density at radius 1 is 1.17 bits per heavy atom. The maximum absolute atomic E-state index is 9.08. The molecule has 0 saturated carbocycles. The predicted molar refractivity (Wildman–Crippen MR) is 71.8 cm³/mol.